The summed E-state index contributed by atoms with van der Waals surface area (Å²) in [4.78, 5) is 12.1. The van der Waals surface area contributed by atoms with Crippen LogP contribution in [0, 0.1) is 0 Å². The SMILES string of the molecule is COc1ccc2c(c1)c(NN1CCCCC1)cc(=O)n2C. The molecule has 1 aromatic heterocycles. The van der Waals surface area contributed by atoms with Crippen LogP contribution in [0.3, 0.4) is 0 Å². The molecule has 0 bridgehead atoms. The van der Waals surface area contributed by atoms with Gasteiger partial charge in [-0.3, -0.25) is 4.79 Å². The van der Waals surface area contributed by atoms with Gasteiger partial charge in [0.1, 0.15) is 5.75 Å². The van der Waals surface area contributed by atoms with Gasteiger partial charge in [0.15, 0.2) is 0 Å². The summed E-state index contributed by atoms with van der Waals surface area (Å²) in [6, 6.07) is 7.45. The second-order valence-electron chi connectivity index (χ2n) is 5.50. The number of rotatable bonds is 3. The third kappa shape index (κ3) is 2.74. The van der Waals surface area contributed by atoms with Crippen molar-refractivity contribution in [1.29, 1.82) is 0 Å². The highest BCUT2D eigenvalue weighted by Crippen LogP contribution is 2.26. The molecule has 2 aromatic rings. The molecule has 0 saturated carbocycles. The second-order valence-corrected chi connectivity index (χ2v) is 5.50. The number of hydrogen-bond donors (Lipinski definition) is 1. The Morgan fingerprint density at radius 3 is 2.62 bits per heavy atom. The third-order valence-electron chi connectivity index (χ3n) is 4.09. The summed E-state index contributed by atoms with van der Waals surface area (Å²) < 4.78 is 6.97. The number of hydrogen-bond acceptors (Lipinski definition) is 4. The molecule has 112 valence electrons. The fraction of sp³-hybridized carbons (Fsp3) is 0.438. The minimum Gasteiger partial charge on any atom is -0.497 e. The fourth-order valence-electron chi connectivity index (χ4n) is 2.84. The minimum atomic E-state index is -0.00724. The third-order valence-corrected chi connectivity index (χ3v) is 4.09. The summed E-state index contributed by atoms with van der Waals surface area (Å²) in [5, 5.41) is 3.19. The van der Waals surface area contributed by atoms with E-state index in [1.54, 1.807) is 24.8 Å². The Bertz CT molecular complexity index is 702. The number of pyridine rings is 1. The van der Waals surface area contributed by atoms with Gasteiger partial charge in [-0.2, -0.15) is 0 Å². The van der Waals surface area contributed by atoms with Crippen molar-refractivity contribution in [3.63, 3.8) is 0 Å². The van der Waals surface area contributed by atoms with Crippen LogP contribution in [0.15, 0.2) is 29.1 Å². The van der Waals surface area contributed by atoms with Crippen LogP contribution in [0.5, 0.6) is 5.75 Å². The number of ether oxygens (including phenoxy) is 1. The van der Waals surface area contributed by atoms with Crippen molar-refractivity contribution < 1.29 is 4.74 Å². The van der Waals surface area contributed by atoms with E-state index in [-0.39, 0.29) is 5.56 Å². The van der Waals surface area contributed by atoms with Crippen LogP contribution in [-0.2, 0) is 7.05 Å². The Kier molecular flexibility index (Phi) is 3.84. The van der Waals surface area contributed by atoms with Gasteiger partial charge in [-0.25, -0.2) is 5.01 Å². The van der Waals surface area contributed by atoms with E-state index in [1.807, 2.05) is 18.2 Å². The van der Waals surface area contributed by atoms with Gasteiger partial charge in [-0.05, 0) is 31.0 Å². The number of aryl methyl sites for hydroxylation is 1. The highest BCUT2D eigenvalue weighted by atomic mass is 16.5. The lowest BCUT2D eigenvalue weighted by Gasteiger charge is -2.28. The number of methoxy groups -OCH3 is 1. The molecule has 0 spiro atoms. The van der Waals surface area contributed by atoms with E-state index in [0.717, 1.165) is 35.4 Å². The Labute approximate surface area is 124 Å². The normalized spacial score (nSPS) is 16.1. The molecule has 1 aromatic carbocycles. The van der Waals surface area contributed by atoms with Gasteiger partial charge in [0.2, 0.25) is 0 Å². The number of nitrogens with one attached hydrogen (secondary N) is 1. The maximum absolute atomic E-state index is 12.1. The largest absolute Gasteiger partial charge is 0.497 e. The van der Waals surface area contributed by atoms with Gasteiger partial charge >= 0.3 is 0 Å². The summed E-state index contributed by atoms with van der Waals surface area (Å²) in [6.07, 6.45) is 3.67. The van der Waals surface area contributed by atoms with E-state index >= 15 is 0 Å². The molecular weight excluding hydrogens is 266 g/mol. The maximum atomic E-state index is 12.1. The van der Waals surface area contributed by atoms with Crippen LogP contribution < -0.4 is 15.7 Å². The van der Waals surface area contributed by atoms with E-state index in [2.05, 4.69) is 10.4 Å². The van der Waals surface area contributed by atoms with E-state index in [9.17, 15) is 4.79 Å². The van der Waals surface area contributed by atoms with Gasteiger partial charge in [0, 0.05) is 31.6 Å². The average molecular weight is 287 g/mol. The summed E-state index contributed by atoms with van der Waals surface area (Å²) in [7, 11) is 3.45. The number of piperidine rings is 1. The first-order valence-corrected chi connectivity index (χ1v) is 7.38. The van der Waals surface area contributed by atoms with E-state index in [1.165, 1.54) is 19.3 Å². The molecule has 0 atom stereocenters. The second kappa shape index (κ2) is 5.77. The number of anilines is 1. The van der Waals surface area contributed by atoms with Gasteiger partial charge in [0.05, 0.1) is 18.3 Å². The van der Waals surface area contributed by atoms with Crippen molar-refractivity contribution in [3.05, 3.63) is 34.6 Å². The van der Waals surface area contributed by atoms with Gasteiger partial charge in [0.25, 0.3) is 5.56 Å². The Morgan fingerprint density at radius 1 is 1.14 bits per heavy atom. The first-order valence-electron chi connectivity index (χ1n) is 7.38. The first-order chi connectivity index (χ1) is 10.2. The molecule has 3 rings (SSSR count). The molecule has 21 heavy (non-hydrogen) atoms. The van der Waals surface area contributed by atoms with Crippen LogP contribution in [0.4, 0.5) is 5.69 Å². The highest BCUT2D eigenvalue weighted by Gasteiger charge is 2.13. The fourth-order valence-corrected chi connectivity index (χ4v) is 2.84. The van der Waals surface area contributed by atoms with Gasteiger partial charge in [-0.15, -0.1) is 0 Å². The summed E-state index contributed by atoms with van der Waals surface area (Å²) in [5.74, 6) is 0.794. The molecule has 0 radical (unpaired) electrons. The summed E-state index contributed by atoms with van der Waals surface area (Å²) in [6.45, 7) is 2.03. The van der Waals surface area contributed by atoms with E-state index in [0.29, 0.717) is 0 Å². The van der Waals surface area contributed by atoms with Gasteiger partial charge < -0.3 is 14.7 Å². The molecular formula is C16H21N3O2. The van der Waals surface area contributed by atoms with Crippen molar-refractivity contribution in [3.8, 4) is 5.75 Å². The zero-order valence-corrected chi connectivity index (χ0v) is 12.6. The quantitative estimate of drug-likeness (QED) is 0.941. The zero-order chi connectivity index (χ0) is 14.8. The smallest absolute Gasteiger partial charge is 0.252 e. The molecule has 5 nitrogen and oxygen atoms in total. The topological polar surface area (TPSA) is 46.5 Å². The van der Waals surface area contributed by atoms with Crippen molar-refractivity contribution in [2.75, 3.05) is 25.6 Å². The van der Waals surface area contributed by atoms with Crippen molar-refractivity contribution in [2.24, 2.45) is 7.05 Å². The first kappa shape index (κ1) is 13.9. The number of hydrazine groups is 1. The lowest BCUT2D eigenvalue weighted by atomic mass is 10.1. The molecule has 1 N–H and O–H groups in total. The number of fused-ring (bicyclic) bond motifs is 1. The van der Waals surface area contributed by atoms with Crippen LogP contribution >= 0.6 is 0 Å². The molecule has 1 aliphatic heterocycles. The predicted molar refractivity (Wildman–Crippen MR) is 84.8 cm³/mol. The Hall–Kier alpha value is -2.01. The number of nitrogens with zero attached hydrogens (tertiary/aromatic N) is 2. The lowest BCUT2D eigenvalue weighted by Crippen LogP contribution is -2.35. The highest BCUT2D eigenvalue weighted by molar-refractivity contribution is 5.92. The predicted octanol–water partition coefficient (Wildman–Crippen LogP) is 2.36. The van der Waals surface area contributed by atoms with Crippen LogP contribution in [0.25, 0.3) is 10.9 Å². The molecule has 0 unspecified atom stereocenters. The molecule has 5 heteroatoms. The van der Waals surface area contributed by atoms with Crippen LogP contribution in [0.2, 0.25) is 0 Å². The Balaban J connectivity index is 2.06. The van der Waals surface area contributed by atoms with Crippen molar-refractivity contribution in [2.45, 2.75) is 19.3 Å². The zero-order valence-electron chi connectivity index (χ0n) is 12.6. The van der Waals surface area contributed by atoms with Crippen molar-refractivity contribution in [1.82, 2.24) is 9.58 Å². The van der Waals surface area contributed by atoms with Crippen LogP contribution in [0.1, 0.15) is 19.3 Å². The molecule has 0 amide bonds. The molecule has 1 aliphatic rings. The standard InChI is InChI=1S/C16H21N3O2/c1-18-15-7-6-12(21-2)10-13(15)14(11-16(18)20)17-19-8-4-3-5-9-19/h6-7,10-11,17H,3-5,8-9H2,1-2H3. The minimum absolute atomic E-state index is 0.00724. The van der Waals surface area contributed by atoms with Crippen molar-refractivity contribution >= 4 is 16.6 Å². The van der Waals surface area contributed by atoms with E-state index in [4.69, 9.17) is 4.74 Å². The number of aromatic nitrogens is 1. The monoisotopic (exact) mass is 287 g/mol. The molecule has 1 saturated heterocycles. The van der Waals surface area contributed by atoms with Gasteiger partial charge in [-0.1, -0.05) is 6.42 Å². The molecule has 1 fully saturated rings. The Morgan fingerprint density at radius 2 is 1.90 bits per heavy atom. The summed E-state index contributed by atoms with van der Waals surface area (Å²) >= 11 is 0. The maximum Gasteiger partial charge on any atom is 0.252 e. The molecule has 2 heterocycles. The average Bonchev–Trinajstić information content (AvgIpc) is 2.53. The van der Waals surface area contributed by atoms with Crippen LogP contribution in [-0.4, -0.2) is 29.8 Å². The van der Waals surface area contributed by atoms with E-state index < -0.39 is 0 Å². The number of benzene rings is 1. The summed E-state index contributed by atoms with van der Waals surface area (Å²) in [5.41, 5.74) is 5.16. The molecule has 0 aliphatic carbocycles. The lowest BCUT2D eigenvalue weighted by molar-refractivity contribution is 0.273.